The molecule has 0 spiro atoms. The first-order chi connectivity index (χ1) is 15.2. The van der Waals surface area contributed by atoms with Gasteiger partial charge in [0, 0.05) is 18.2 Å². The molecule has 4 rings (SSSR count). The van der Waals surface area contributed by atoms with Gasteiger partial charge < -0.3 is 15.4 Å². The van der Waals surface area contributed by atoms with Crippen molar-refractivity contribution in [2.45, 2.75) is 38.5 Å². The number of hydrogen-bond acceptors (Lipinski definition) is 4. The van der Waals surface area contributed by atoms with Crippen molar-refractivity contribution in [3.05, 3.63) is 70.9 Å². The van der Waals surface area contributed by atoms with Gasteiger partial charge in [-0.2, -0.15) is 18.3 Å². The molecule has 2 aromatic carbocycles. The molecule has 32 heavy (non-hydrogen) atoms. The number of methoxy groups -OCH3 is 1. The molecule has 0 radical (unpaired) electrons. The van der Waals surface area contributed by atoms with Crippen LogP contribution in [0.25, 0.3) is 0 Å². The van der Waals surface area contributed by atoms with Gasteiger partial charge in [-0.15, -0.1) is 0 Å². The zero-order chi connectivity index (χ0) is 23.0. The van der Waals surface area contributed by atoms with Crippen LogP contribution >= 0.6 is 0 Å². The van der Waals surface area contributed by atoms with E-state index in [9.17, 15) is 18.0 Å². The Morgan fingerprint density at radius 2 is 1.88 bits per heavy atom. The van der Waals surface area contributed by atoms with E-state index >= 15 is 0 Å². The van der Waals surface area contributed by atoms with Gasteiger partial charge in [0.2, 0.25) is 0 Å². The SMILES string of the molecule is COc1ccc([C@H]2C[C@H](C(F)(F)F)n3nc(C(=O)Nc4ccc(C)cc4C)cc3N2)cc1. The monoisotopic (exact) mass is 444 g/mol. The lowest BCUT2D eigenvalue weighted by atomic mass is 9.97. The van der Waals surface area contributed by atoms with Crippen molar-refractivity contribution in [1.82, 2.24) is 9.78 Å². The van der Waals surface area contributed by atoms with Gasteiger partial charge in [0.1, 0.15) is 11.6 Å². The van der Waals surface area contributed by atoms with Gasteiger partial charge in [0.05, 0.1) is 13.2 Å². The summed E-state index contributed by atoms with van der Waals surface area (Å²) in [4.78, 5) is 12.7. The number of aryl methyl sites for hydroxylation is 2. The molecule has 6 nitrogen and oxygen atoms in total. The summed E-state index contributed by atoms with van der Waals surface area (Å²) in [6.07, 6.45) is -4.77. The van der Waals surface area contributed by atoms with Crippen molar-refractivity contribution in [2.24, 2.45) is 0 Å². The van der Waals surface area contributed by atoms with Gasteiger partial charge in [0.25, 0.3) is 5.91 Å². The predicted octanol–water partition coefficient (Wildman–Crippen LogP) is 5.42. The number of aromatic nitrogens is 2. The molecule has 1 amide bonds. The molecule has 1 aromatic heterocycles. The highest BCUT2D eigenvalue weighted by atomic mass is 19.4. The zero-order valence-electron chi connectivity index (χ0n) is 17.8. The van der Waals surface area contributed by atoms with Crippen LogP contribution < -0.4 is 15.4 Å². The number of carbonyl (C=O) groups is 1. The Hall–Kier alpha value is -3.49. The Balaban J connectivity index is 1.63. The Morgan fingerprint density at radius 1 is 1.16 bits per heavy atom. The minimum Gasteiger partial charge on any atom is -0.497 e. The van der Waals surface area contributed by atoms with Crippen LogP contribution in [0.3, 0.4) is 0 Å². The largest absolute Gasteiger partial charge is 0.497 e. The summed E-state index contributed by atoms with van der Waals surface area (Å²) in [5.74, 6) is 0.195. The number of benzene rings is 2. The molecular weight excluding hydrogens is 421 g/mol. The second kappa shape index (κ2) is 8.22. The fourth-order valence-corrected chi connectivity index (χ4v) is 3.88. The van der Waals surface area contributed by atoms with Gasteiger partial charge in [-0.1, -0.05) is 29.8 Å². The van der Waals surface area contributed by atoms with Crippen molar-refractivity contribution in [1.29, 1.82) is 0 Å². The lowest BCUT2D eigenvalue weighted by Gasteiger charge is -2.33. The van der Waals surface area contributed by atoms with E-state index in [0.29, 0.717) is 17.0 Å². The van der Waals surface area contributed by atoms with E-state index in [2.05, 4.69) is 15.7 Å². The summed E-state index contributed by atoms with van der Waals surface area (Å²) in [6.45, 7) is 3.78. The van der Waals surface area contributed by atoms with Gasteiger partial charge in [-0.05, 0) is 43.2 Å². The molecule has 1 aliphatic heterocycles. The lowest BCUT2D eigenvalue weighted by molar-refractivity contribution is -0.173. The van der Waals surface area contributed by atoms with E-state index in [4.69, 9.17) is 4.74 Å². The number of fused-ring (bicyclic) bond motifs is 1. The highest BCUT2D eigenvalue weighted by Gasteiger charge is 2.46. The van der Waals surface area contributed by atoms with Gasteiger partial charge in [0.15, 0.2) is 11.7 Å². The number of ether oxygens (including phenoxy) is 1. The molecule has 0 unspecified atom stereocenters. The highest BCUT2D eigenvalue weighted by Crippen LogP contribution is 2.43. The number of hydrogen-bond donors (Lipinski definition) is 2. The molecule has 168 valence electrons. The van der Waals surface area contributed by atoms with Crippen LogP contribution in [0.15, 0.2) is 48.5 Å². The third-order valence-electron chi connectivity index (χ3n) is 5.57. The molecule has 3 aromatic rings. The summed E-state index contributed by atoms with van der Waals surface area (Å²) < 4.78 is 47.6. The van der Waals surface area contributed by atoms with Gasteiger partial charge >= 0.3 is 6.18 Å². The van der Waals surface area contributed by atoms with Crippen LogP contribution in [0.1, 0.15) is 45.7 Å². The number of nitrogens with zero attached hydrogens (tertiary/aromatic N) is 2. The van der Waals surface area contributed by atoms with Gasteiger partial charge in [-0.25, -0.2) is 4.68 Å². The summed E-state index contributed by atoms with van der Waals surface area (Å²) in [7, 11) is 1.52. The average Bonchev–Trinajstić information content (AvgIpc) is 3.18. The first kappa shape index (κ1) is 21.7. The molecule has 0 fully saturated rings. The normalized spacial score (nSPS) is 17.9. The minimum absolute atomic E-state index is 0.0860. The Kier molecular flexibility index (Phi) is 5.58. The molecule has 0 saturated heterocycles. The Labute approximate surface area is 183 Å². The van der Waals surface area contributed by atoms with Crippen molar-refractivity contribution in [3.8, 4) is 5.75 Å². The first-order valence-corrected chi connectivity index (χ1v) is 10.1. The molecule has 2 N–H and O–H groups in total. The summed E-state index contributed by atoms with van der Waals surface area (Å²) in [6, 6.07) is 11.3. The molecule has 0 saturated carbocycles. The number of amides is 1. The number of carbonyl (C=O) groups excluding carboxylic acids is 1. The van der Waals surface area contributed by atoms with Crippen LogP contribution in [0.2, 0.25) is 0 Å². The van der Waals surface area contributed by atoms with Crippen molar-refractivity contribution >= 4 is 17.4 Å². The predicted molar refractivity (Wildman–Crippen MR) is 115 cm³/mol. The van der Waals surface area contributed by atoms with Crippen LogP contribution in [0.4, 0.5) is 24.7 Å². The molecule has 2 atom stereocenters. The molecule has 0 aliphatic carbocycles. The van der Waals surface area contributed by atoms with Crippen molar-refractivity contribution in [3.63, 3.8) is 0 Å². The summed E-state index contributed by atoms with van der Waals surface area (Å²) >= 11 is 0. The fourth-order valence-electron chi connectivity index (χ4n) is 3.88. The number of anilines is 2. The van der Waals surface area contributed by atoms with Crippen molar-refractivity contribution in [2.75, 3.05) is 17.7 Å². The van der Waals surface area contributed by atoms with E-state index in [1.807, 2.05) is 26.0 Å². The standard InChI is InChI=1S/C23H23F3N4O2/c1-13-4-9-17(14(2)10-13)28-22(31)19-12-21-27-18(15-5-7-16(32-3)8-6-15)11-20(23(24,25)26)30(21)29-19/h4-10,12,18,20,27H,11H2,1-3H3,(H,28,31)/t18-,20-/m1/s1. The number of alkyl halides is 3. The molecule has 9 heteroatoms. The minimum atomic E-state index is -4.52. The van der Waals surface area contributed by atoms with Crippen molar-refractivity contribution < 1.29 is 22.7 Å². The summed E-state index contributed by atoms with van der Waals surface area (Å²) in [5, 5.41) is 9.82. The van der Waals surface area contributed by atoms with E-state index in [-0.39, 0.29) is 17.9 Å². The zero-order valence-corrected chi connectivity index (χ0v) is 17.8. The Morgan fingerprint density at radius 3 is 2.50 bits per heavy atom. The number of nitrogens with one attached hydrogen (secondary N) is 2. The topological polar surface area (TPSA) is 68.2 Å². The maximum absolute atomic E-state index is 13.9. The summed E-state index contributed by atoms with van der Waals surface area (Å²) in [5.41, 5.74) is 3.09. The van der Waals surface area contributed by atoms with Crippen LogP contribution in [-0.4, -0.2) is 29.0 Å². The van der Waals surface area contributed by atoms with E-state index in [0.717, 1.165) is 15.8 Å². The van der Waals surface area contributed by atoms with Gasteiger partial charge in [-0.3, -0.25) is 4.79 Å². The molecule has 1 aliphatic rings. The van der Waals surface area contributed by atoms with E-state index < -0.39 is 24.2 Å². The maximum Gasteiger partial charge on any atom is 0.410 e. The third kappa shape index (κ3) is 4.28. The smallest absolute Gasteiger partial charge is 0.410 e. The number of halogens is 3. The van der Waals surface area contributed by atoms with E-state index in [1.165, 1.54) is 13.2 Å². The Bertz CT molecular complexity index is 1140. The number of rotatable bonds is 4. The molecular formula is C23H23F3N4O2. The van der Waals surface area contributed by atoms with E-state index in [1.54, 1.807) is 30.3 Å². The average molecular weight is 444 g/mol. The lowest BCUT2D eigenvalue weighted by Crippen LogP contribution is -2.35. The first-order valence-electron chi connectivity index (χ1n) is 10.1. The highest BCUT2D eigenvalue weighted by molar-refractivity contribution is 6.03. The second-order valence-electron chi connectivity index (χ2n) is 7.90. The third-order valence-corrected chi connectivity index (χ3v) is 5.57. The van der Waals surface area contributed by atoms with Crippen LogP contribution in [0, 0.1) is 13.8 Å². The second-order valence-corrected chi connectivity index (χ2v) is 7.90. The van der Waals surface area contributed by atoms with Crippen LogP contribution in [0.5, 0.6) is 5.75 Å². The van der Waals surface area contributed by atoms with Crippen LogP contribution in [-0.2, 0) is 0 Å². The molecule has 0 bridgehead atoms. The fraction of sp³-hybridized carbons (Fsp3) is 0.304. The molecule has 2 heterocycles. The quantitative estimate of drug-likeness (QED) is 0.564. The maximum atomic E-state index is 13.9.